The van der Waals surface area contributed by atoms with E-state index in [1.165, 1.54) is 55.7 Å². The lowest BCUT2D eigenvalue weighted by atomic mass is 9.70. The Morgan fingerprint density at radius 2 is 1.04 bits per heavy atom. The number of hydrogen-bond acceptors (Lipinski definition) is 3. The second-order valence-corrected chi connectivity index (χ2v) is 25.9. The van der Waals surface area contributed by atoms with Crippen molar-refractivity contribution in [3.05, 3.63) is 190 Å². The van der Waals surface area contributed by atoms with Crippen LogP contribution in [0.4, 0.5) is 0 Å². The van der Waals surface area contributed by atoms with Gasteiger partial charge in [-0.25, -0.2) is 0 Å². The third-order valence-corrected chi connectivity index (χ3v) is 17.9. The number of Topliss-reactive ketones (excluding diaryl/α,β-unsaturated/α-hetero) is 1. The lowest BCUT2D eigenvalue weighted by Gasteiger charge is -2.43. The zero-order valence-electron chi connectivity index (χ0n) is 52.5. The van der Waals surface area contributed by atoms with Crippen molar-refractivity contribution in [3.8, 4) is 0 Å². The van der Waals surface area contributed by atoms with E-state index in [1.54, 1.807) is 0 Å². The Hall–Kier alpha value is -4.57. The number of hydrogen-bond donors (Lipinski definition) is 0. The minimum absolute atomic E-state index is 0.0182. The quantitative estimate of drug-likeness (QED) is 0.0553. The first-order valence-corrected chi connectivity index (χ1v) is 29.7. The van der Waals surface area contributed by atoms with Gasteiger partial charge in [-0.1, -0.05) is 223 Å². The van der Waals surface area contributed by atoms with Gasteiger partial charge in [-0.3, -0.25) is 4.79 Å². The van der Waals surface area contributed by atoms with Gasteiger partial charge in [0.1, 0.15) is 0 Å². The van der Waals surface area contributed by atoms with E-state index in [-0.39, 0.29) is 22.7 Å². The summed E-state index contributed by atoms with van der Waals surface area (Å²) in [5, 5.41) is 0. The number of carbonyl (C=O) groups is 1. The second-order valence-electron chi connectivity index (χ2n) is 25.9. The molecule has 1 saturated heterocycles. The molecule has 1 aliphatic heterocycles. The van der Waals surface area contributed by atoms with Crippen molar-refractivity contribution in [2.45, 2.75) is 232 Å². The topological polar surface area (TPSA) is 35.5 Å². The zero-order valence-corrected chi connectivity index (χ0v) is 52.5. The molecule has 0 radical (unpaired) electrons. The fourth-order valence-electron chi connectivity index (χ4n) is 10.8. The molecule has 3 nitrogen and oxygen atoms in total. The van der Waals surface area contributed by atoms with Crippen molar-refractivity contribution < 1.29 is 14.3 Å². The van der Waals surface area contributed by atoms with Crippen LogP contribution in [0.25, 0.3) is 0 Å². The highest BCUT2D eigenvalue weighted by atomic mass is 16.8. The fourth-order valence-corrected chi connectivity index (χ4v) is 10.8. The Bertz CT molecular complexity index is 2480. The summed E-state index contributed by atoms with van der Waals surface area (Å²) in [5.41, 5.74) is 15.5. The van der Waals surface area contributed by atoms with E-state index < -0.39 is 11.4 Å². The van der Waals surface area contributed by atoms with Gasteiger partial charge in [0.05, 0.1) is 11.7 Å². The molecule has 0 aromatic carbocycles. The van der Waals surface area contributed by atoms with Gasteiger partial charge in [0.15, 0.2) is 11.6 Å². The maximum absolute atomic E-state index is 12.3. The van der Waals surface area contributed by atoms with Crippen LogP contribution in [0, 0.1) is 34.5 Å². The number of ether oxygens (including phenoxy) is 2. The molecule has 1 spiro atoms. The molecule has 0 saturated carbocycles. The highest BCUT2D eigenvalue weighted by molar-refractivity contribution is 5.97. The highest BCUT2D eigenvalue weighted by Crippen LogP contribution is 2.55. The van der Waals surface area contributed by atoms with Crippen molar-refractivity contribution in [1.82, 2.24) is 0 Å². The van der Waals surface area contributed by atoms with E-state index >= 15 is 0 Å². The standard InChI is InChI=1S/C74H110O3/c1-52(2)59(10)40-42-62(13)61(12)39-36-56(7)34-27-35-70-73(22,49-46-64(15)63(14)43-41-60(11)53(3)4)77-74(76-70)51-50-72(20,21)68(66(74)17)45-38-58(9)33-26-31-55(6)29-24-23-28-54(5)30-25-32-57(8)37-44-67-65(16)69(75)47-48-71(67,18)19/h23-26,28-34,37-38,44-45,59-61,64,70H,1,3,13-14,27,35-36,39-43,46-51H2,2,4-12,15-22H3/b24-23+,30-25+,31-26+,44-37+,45-38+,54-28+,55-29+,56-34+,57-32+,58-33+/t59-,60+,61-,64+,70-,73-,74-/m1/s1. The summed E-state index contributed by atoms with van der Waals surface area (Å²) in [6.07, 6.45) is 46.3. The third-order valence-electron chi connectivity index (χ3n) is 17.9. The SMILES string of the molecule is C=C(C)[C@H](C)CCC(=C)[C@H](C)CC/C(C)=C/CC[C@H]1O[C@]2(CCC(C)(C)C(/C=C/C(C)=C/C=C/C(C)=C/C=C/C=C(C)/C=C/C=C(C)/C=C/C3=C(C)C(=O)CCC3(C)C)=C2C)O[C@]1(C)CC[C@H](C)C(=C)CC[C@H](C)C(=C)C. The Kier molecular flexibility index (Phi) is 26.6. The van der Waals surface area contributed by atoms with Gasteiger partial charge in [0.2, 0.25) is 0 Å². The van der Waals surface area contributed by atoms with Crippen molar-refractivity contribution in [2.24, 2.45) is 34.5 Å². The largest absolute Gasteiger partial charge is 0.340 e. The van der Waals surface area contributed by atoms with E-state index in [4.69, 9.17) is 9.47 Å². The lowest BCUT2D eigenvalue weighted by Crippen LogP contribution is -2.42. The molecule has 3 heteroatoms. The van der Waals surface area contributed by atoms with E-state index in [2.05, 4.69) is 235 Å². The molecule has 3 rings (SSSR count). The van der Waals surface area contributed by atoms with Crippen LogP contribution in [0.5, 0.6) is 0 Å². The summed E-state index contributed by atoms with van der Waals surface area (Å²) in [5.74, 6) is 1.47. The molecule has 0 unspecified atom stereocenters. The molecule has 77 heavy (non-hydrogen) atoms. The summed E-state index contributed by atoms with van der Waals surface area (Å²) in [6.45, 7) is 57.5. The summed E-state index contributed by atoms with van der Waals surface area (Å²) >= 11 is 0. The molecule has 424 valence electrons. The molecule has 0 amide bonds. The monoisotopic (exact) mass is 1050 g/mol. The van der Waals surface area contributed by atoms with Crippen LogP contribution in [-0.4, -0.2) is 23.3 Å². The summed E-state index contributed by atoms with van der Waals surface area (Å²) in [6, 6.07) is 0. The van der Waals surface area contributed by atoms with Gasteiger partial charge in [-0.2, -0.15) is 0 Å². The van der Waals surface area contributed by atoms with Gasteiger partial charge in [-0.15, -0.1) is 0 Å². The van der Waals surface area contributed by atoms with Gasteiger partial charge < -0.3 is 9.47 Å². The van der Waals surface area contributed by atoms with Crippen LogP contribution in [-0.2, 0) is 14.3 Å². The van der Waals surface area contributed by atoms with E-state index in [9.17, 15) is 4.79 Å². The van der Waals surface area contributed by atoms with Crippen LogP contribution < -0.4 is 0 Å². The van der Waals surface area contributed by atoms with Crippen molar-refractivity contribution >= 4 is 5.78 Å². The Morgan fingerprint density at radius 3 is 1.56 bits per heavy atom. The molecule has 0 aromatic rings. The van der Waals surface area contributed by atoms with Gasteiger partial charge in [0, 0.05) is 12.8 Å². The molecule has 1 heterocycles. The van der Waals surface area contributed by atoms with Crippen LogP contribution in [0.2, 0.25) is 0 Å². The average Bonchev–Trinajstić information content (AvgIpc) is 3.65. The first-order chi connectivity index (χ1) is 35.9. The predicted octanol–water partition coefficient (Wildman–Crippen LogP) is 21.9. The first-order valence-electron chi connectivity index (χ1n) is 29.7. The summed E-state index contributed by atoms with van der Waals surface area (Å²) in [7, 11) is 0. The van der Waals surface area contributed by atoms with E-state index in [1.807, 2.05) is 6.92 Å². The van der Waals surface area contributed by atoms with Crippen LogP contribution in [0.15, 0.2) is 190 Å². The molecule has 0 N–H and O–H groups in total. The minimum atomic E-state index is -0.750. The highest BCUT2D eigenvalue weighted by Gasteiger charge is 2.57. The zero-order chi connectivity index (χ0) is 57.9. The smallest absolute Gasteiger partial charge is 0.192 e. The second kappa shape index (κ2) is 30.7. The third kappa shape index (κ3) is 21.2. The van der Waals surface area contributed by atoms with E-state index in [0.717, 1.165) is 100 Å². The molecular weight excluding hydrogens is 937 g/mol. The van der Waals surface area contributed by atoms with E-state index in [0.29, 0.717) is 30.1 Å². The van der Waals surface area contributed by atoms with Gasteiger partial charge >= 0.3 is 0 Å². The number of allylic oxidation sites excluding steroid dienone is 27. The van der Waals surface area contributed by atoms with Gasteiger partial charge in [-0.05, 0) is 203 Å². The molecular formula is C74H110O3. The maximum atomic E-state index is 12.3. The maximum Gasteiger partial charge on any atom is 0.192 e. The van der Waals surface area contributed by atoms with Crippen molar-refractivity contribution in [1.29, 1.82) is 0 Å². The number of carbonyl (C=O) groups excluding carboxylic acids is 1. The Morgan fingerprint density at radius 1 is 0.584 bits per heavy atom. The van der Waals surface area contributed by atoms with Crippen LogP contribution >= 0.6 is 0 Å². The number of ketones is 1. The van der Waals surface area contributed by atoms with Crippen LogP contribution in [0.1, 0.15) is 215 Å². The fraction of sp³-hybridized carbons (Fsp3) is 0.554. The van der Waals surface area contributed by atoms with Crippen LogP contribution in [0.3, 0.4) is 0 Å². The molecule has 1 fully saturated rings. The molecule has 2 aliphatic carbocycles. The van der Waals surface area contributed by atoms with Crippen molar-refractivity contribution in [3.63, 3.8) is 0 Å². The normalized spacial score (nSPS) is 24.7. The Labute approximate surface area is 474 Å². The summed E-state index contributed by atoms with van der Waals surface area (Å²) in [4.78, 5) is 12.3. The minimum Gasteiger partial charge on any atom is -0.340 e. The average molecular weight is 1050 g/mol. The lowest BCUT2D eigenvalue weighted by molar-refractivity contribution is -0.174. The molecule has 7 atom stereocenters. The predicted molar refractivity (Wildman–Crippen MR) is 339 cm³/mol. The van der Waals surface area contributed by atoms with Gasteiger partial charge in [0.25, 0.3) is 0 Å². The first kappa shape index (κ1) is 66.7. The molecule has 0 bridgehead atoms. The molecule has 0 aromatic heterocycles. The summed E-state index contributed by atoms with van der Waals surface area (Å²) < 4.78 is 14.8. The number of rotatable bonds is 29. The van der Waals surface area contributed by atoms with Crippen molar-refractivity contribution in [2.75, 3.05) is 0 Å². The molecule has 3 aliphatic rings. The Balaban J connectivity index is 1.75.